The number of rotatable bonds is 5. The molecule has 4 unspecified atom stereocenters. The Bertz CT molecular complexity index is 242. The molecule has 0 aromatic carbocycles. The molecule has 0 aromatic heterocycles. The summed E-state index contributed by atoms with van der Waals surface area (Å²) in [5.74, 6) is 2.66. The highest BCUT2D eigenvalue weighted by atomic mass is 32.2. The summed E-state index contributed by atoms with van der Waals surface area (Å²) < 4.78 is 5.86. The smallest absolute Gasteiger partial charge is 0.0658 e. The van der Waals surface area contributed by atoms with Gasteiger partial charge in [0.15, 0.2) is 0 Å². The molecule has 1 aliphatic carbocycles. The van der Waals surface area contributed by atoms with E-state index in [1.54, 1.807) is 0 Å². The summed E-state index contributed by atoms with van der Waals surface area (Å²) in [6.45, 7) is 7.65. The van der Waals surface area contributed by atoms with Crippen LogP contribution in [0.15, 0.2) is 0 Å². The van der Waals surface area contributed by atoms with Crippen LogP contribution in [0.3, 0.4) is 0 Å². The molecule has 2 nitrogen and oxygen atoms in total. The zero-order valence-electron chi connectivity index (χ0n) is 11.5. The molecule has 17 heavy (non-hydrogen) atoms. The predicted molar refractivity (Wildman–Crippen MR) is 75.7 cm³/mol. The van der Waals surface area contributed by atoms with Gasteiger partial charge < -0.3 is 10.1 Å². The first-order valence-electron chi connectivity index (χ1n) is 7.16. The van der Waals surface area contributed by atoms with Gasteiger partial charge in [0, 0.05) is 29.9 Å². The SMILES string of the molecule is CCOC1CC(NC2CCCSC2)C1(C)CC. The molecular weight excluding hydrogens is 230 g/mol. The van der Waals surface area contributed by atoms with Crippen molar-refractivity contribution in [2.75, 3.05) is 18.1 Å². The molecule has 2 aliphatic rings. The Labute approximate surface area is 110 Å². The maximum atomic E-state index is 5.86. The van der Waals surface area contributed by atoms with Crippen LogP contribution in [0.5, 0.6) is 0 Å². The van der Waals surface area contributed by atoms with E-state index in [4.69, 9.17) is 4.74 Å². The lowest BCUT2D eigenvalue weighted by Gasteiger charge is -2.55. The number of hydrogen-bond acceptors (Lipinski definition) is 3. The maximum absolute atomic E-state index is 5.86. The van der Waals surface area contributed by atoms with E-state index in [0.29, 0.717) is 17.6 Å². The van der Waals surface area contributed by atoms with Crippen molar-refractivity contribution in [2.24, 2.45) is 5.41 Å². The monoisotopic (exact) mass is 257 g/mol. The Hall–Kier alpha value is 0.270. The zero-order valence-corrected chi connectivity index (χ0v) is 12.3. The molecule has 0 bridgehead atoms. The van der Waals surface area contributed by atoms with E-state index in [0.717, 1.165) is 12.6 Å². The van der Waals surface area contributed by atoms with Crippen molar-refractivity contribution < 1.29 is 4.74 Å². The van der Waals surface area contributed by atoms with Gasteiger partial charge in [0.2, 0.25) is 0 Å². The van der Waals surface area contributed by atoms with E-state index < -0.39 is 0 Å². The van der Waals surface area contributed by atoms with E-state index in [-0.39, 0.29) is 0 Å². The van der Waals surface area contributed by atoms with Crippen molar-refractivity contribution in [1.82, 2.24) is 5.32 Å². The second-order valence-corrected chi connectivity index (χ2v) is 6.82. The molecule has 1 N–H and O–H groups in total. The topological polar surface area (TPSA) is 21.3 Å². The van der Waals surface area contributed by atoms with Gasteiger partial charge in [-0.25, -0.2) is 0 Å². The molecule has 1 aliphatic heterocycles. The van der Waals surface area contributed by atoms with Gasteiger partial charge in [-0.1, -0.05) is 13.8 Å². The molecule has 0 aromatic rings. The maximum Gasteiger partial charge on any atom is 0.0658 e. The van der Waals surface area contributed by atoms with Crippen molar-refractivity contribution in [2.45, 2.75) is 64.6 Å². The summed E-state index contributed by atoms with van der Waals surface area (Å²) in [5.41, 5.74) is 0.359. The minimum absolute atomic E-state index is 0.359. The van der Waals surface area contributed by atoms with Crippen molar-refractivity contribution in [1.29, 1.82) is 0 Å². The van der Waals surface area contributed by atoms with Crippen molar-refractivity contribution in [3.63, 3.8) is 0 Å². The van der Waals surface area contributed by atoms with Crippen LogP contribution in [0.4, 0.5) is 0 Å². The second kappa shape index (κ2) is 5.94. The normalized spacial score (nSPS) is 42.2. The fourth-order valence-electron chi connectivity index (χ4n) is 3.17. The standard InChI is InChI=1S/C14H27NOS/c1-4-14(3)12(9-13(14)16-5-2)15-11-7-6-8-17-10-11/h11-13,15H,4-10H2,1-3H3. The molecule has 0 spiro atoms. The zero-order chi connectivity index (χ0) is 12.3. The Morgan fingerprint density at radius 2 is 2.24 bits per heavy atom. The molecule has 1 saturated heterocycles. The van der Waals surface area contributed by atoms with Gasteiger partial charge in [-0.15, -0.1) is 0 Å². The lowest BCUT2D eigenvalue weighted by atomic mass is 9.61. The van der Waals surface area contributed by atoms with Gasteiger partial charge in [-0.05, 0) is 38.4 Å². The predicted octanol–water partition coefficient (Wildman–Crippen LogP) is 3.07. The summed E-state index contributed by atoms with van der Waals surface area (Å²) in [4.78, 5) is 0. The Morgan fingerprint density at radius 1 is 1.41 bits per heavy atom. The van der Waals surface area contributed by atoms with Crippen LogP contribution in [0, 0.1) is 5.41 Å². The average molecular weight is 257 g/mol. The minimum atomic E-state index is 0.359. The third-order valence-electron chi connectivity index (χ3n) is 4.71. The number of thioether (sulfide) groups is 1. The van der Waals surface area contributed by atoms with E-state index in [1.807, 2.05) is 0 Å². The minimum Gasteiger partial charge on any atom is -0.378 e. The fraction of sp³-hybridized carbons (Fsp3) is 1.00. The molecule has 0 amide bonds. The fourth-order valence-corrected chi connectivity index (χ4v) is 4.25. The first-order valence-corrected chi connectivity index (χ1v) is 8.31. The second-order valence-electron chi connectivity index (χ2n) is 5.67. The molecule has 2 fully saturated rings. The van der Waals surface area contributed by atoms with Crippen LogP contribution in [0.2, 0.25) is 0 Å². The van der Waals surface area contributed by atoms with Gasteiger partial charge in [0.1, 0.15) is 0 Å². The number of ether oxygens (including phenoxy) is 1. The lowest BCUT2D eigenvalue weighted by Crippen LogP contribution is -2.64. The van der Waals surface area contributed by atoms with Gasteiger partial charge in [0.25, 0.3) is 0 Å². The molecule has 1 heterocycles. The van der Waals surface area contributed by atoms with Crippen molar-refractivity contribution in [3.8, 4) is 0 Å². The van der Waals surface area contributed by atoms with Crippen molar-refractivity contribution in [3.05, 3.63) is 0 Å². The number of nitrogens with one attached hydrogen (secondary N) is 1. The molecule has 1 saturated carbocycles. The quantitative estimate of drug-likeness (QED) is 0.818. The first-order chi connectivity index (χ1) is 8.20. The van der Waals surface area contributed by atoms with Crippen LogP contribution in [0.25, 0.3) is 0 Å². The molecular formula is C14H27NOS. The first kappa shape index (κ1) is 13.7. The van der Waals surface area contributed by atoms with E-state index in [9.17, 15) is 0 Å². The van der Waals surface area contributed by atoms with E-state index in [2.05, 4.69) is 37.8 Å². The summed E-state index contributed by atoms with van der Waals surface area (Å²) >= 11 is 2.10. The lowest BCUT2D eigenvalue weighted by molar-refractivity contribution is -0.127. The van der Waals surface area contributed by atoms with E-state index >= 15 is 0 Å². The molecule has 4 atom stereocenters. The van der Waals surface area contributed by atoms with E-state index in [1.165, 1.54) is 37.2 Å². The van der Waals surface area contributed by atoms with Gasteiger partial charge in [-0.2, -0.15) is 11.8 Å². The largest absolute Gasteiger partial charge is 0.378 e. The Morgan fingerprint density at radius 3 is 2.82 bits per heavy atom. The summed E-state index contributed by atoms with van der Waals surface area (Å²) in [5, 5.41) is 3.88. The molecule has 100 valence electrons. The highest BCUT2D eigenvalue weighted by Crippen LogP contribution is 2.46. The third kappa shape index (κ3) is 2.82. The highest BCUT2D eigenvalue weighted by Gasteiger charge is 2.51. The number of hydrogen-bond donors (Lipinski definition) is 1. The Balaban J connectivity index is 1.85. The van der Waals surface area contributed by atoms with Crippen LogP contribution >= 0.6 is 11.8 Å². The highest BCUT2D eigenvalue weighted by molar-refractivity contribution is 7.99. The van der Waals surface area contributed by atoms with Gasteiger partial charge in [0.05, 0.1) is 6.10 Å². The Kier molecular flexibility index (Phi) is 4.79. The average Bonchev–Trinajstić information content (AvgIpc) is 2.38. The molecule has 0 radical (unpaired) electrons. The third-order valence-corrected chi connectivity index (χ3v) is 5.92. The van der Waals surface area contributed by atoms with Crippen LogP contribution < -0.4 is 5.32 Å². The van der Waals surface area contributed by atoms with Gasteiger partial charge in [-0.3, -0.25) is 0 Å². The summed E-state index contributed by atoms with van der Waals surface area (Å²) in [6.07, 6.45) is 5.65. The van der Waals surface area contributed by atoms with Crippen LogP contribution in [0.1, 0.15) is 46.5 Å². The van der Waals surface area contributed by atoms with Crippen LogP contribution in [-0.2, 0) is 4.74 Å². The summed E-state index contributed by atoms with van der Waals surface area (Å²) in [6, 6.07) is 1.42. The summed E-state index contributed by atoms with van der Waals surface area (Å²) in [7, 11) is 0. The van der Waals surface area contributed by atoms with Crippen LogP contribution in [-0.4, -0.2) is 36.3 Å². The molecule has 2 rings (SSSR count). The van der Waals surface area contributed by atoms with Gasteiger partial charge >= 0.3 is 0 Å². The van der Waals surface area contributed by atoms with Crippen molar-refractivity contribution >= 4 is 11.8 Å². The molecule has 3 heteroatoms.